The van der Waals surface area contributed by atoms with Crippen molar-refractivity contribution in [3.05, 3.63) is 0 Å². The molecule has 0 aromatic carbocycles. The lowest BCUT2D eigenvalue weighted by Crippen LogP contribution is -2.36. The first-order valence-corrected chi connectivity index (χ1v) is 5.82. The Labute approximate surface area is 127 Å². The number of likely N-dealkylation sites (N-methyl/N-ethyl adjacent to an activating group) is 1. The van der Waals surface area contributed by atoms with Crippen molar-refractivity contribution < 1.29 is 33.3 Å². The van der Waals surface area contributed by atoms with Crippen LogP contribution < -0.4 is 5.32 Å². The molecule has 0 aliphatic carbocycles. The van der Waals surface area contributed by atoms with Crippen LogP contribution in [0.15, 0.2) is 0 Å². The van der Waals surface area contributed by atoms with E-state index in [2.05, 4.69) is 24.3 Å². The Morgan fingerprint density at radius 2 is 1.52 bits per heavy atom. The quantitative estimate of drug-likeness (QED) is 0.452. The lowest BCUT2D eigenvalue weighted by Gasteiger charge is -2.14. The van der Waals surface area contributed by atoms with E-state index >= 15 is 0 Å². The van der Waals surface area contributed by atoms with Gasteiger partial charge in [-0.05, 0) is 27.8 Å². The molecule has 0 heterocycles. The minimum Gasteiger partial charge on any atom is -0.466 e. The van der Waals surface area contributed by atoms with E-state index in [0.717, 1.165) is 0 Å². The van der Waals surface area contributed by atoms with Crippen LogP contribution in [0.1, 0.15) is 20.8 Å². The van der Waals surface area contributed by atoms with E-state index < -0.39 is 12.2 Å². The molecule has 0 aliphatic rings. The third-order valence-corrected chi connectivity index (χ3v) is 1.31. The highest BCUT2D eigenvalue weighted by Gasteiger charge is 2.13. The van der Waals surface area contributed by atoms with Gasteiger partial charge < -0.3 is 23.7 Å². The minimum absolute atomic E-state index is 0.318. The van der Waals surface area contributed by atoms with E-state index in [1.54, 1.807) is 21.3 Å². The molecule has 0 saturated heterocycles. The first-order chi connectivity index (χ1) is 9.73. The zero-order valence-corrected chi connectivity index (χ0v) is 14.2. The fourth-order valence-corrected chi connectivity index (χ4v) is 0.583. The second kappa shape index (κ2) is 20.8. The highest BCUT2D eigenvalue weighted by atomic mass is 16.6. The molecule has 8 heteroatoms. The standard InChI is InChI=1S/C5H11NO3.C5H10O2.C2H6O.CH2O/c1-6-4(8-2)5(7)9-3;1-5(2,3)7-4-6;1-3-2;1-2/h4,6H,1-3H3;4H,1-3H3;1-2H3;1H2. The van der Waals surface area contributed by atoms with E-state index in [4.69, 9.17) is 4.79 Å². The third-order valence-electron chi connectivity index (χ3n) is 1.31. The molecule has 1 N–H and O–H groups in total. The van der Waals surface area contributed by atoms with Gasteiger partial charge in [-0.25, -0.2) is 4.79 Å². The lowest BCUT2D eigenvalue weighted by atomic mass is 10.2. The molecule has 0 radical (unpaired) electrons. The highest BCUT2D eigenvalue weighted by Crippen LogP contribution is 2.02. The Balaban J connectivity index is -0.000000107. The molecule has 0 spiro atoms. The maximum Gasteiger partial charge on any atom is 0.350 e. The Morgan fingerprint density at radius 3 is 1.57 bits per heavy atom. The Hall–Kier alpha value is -1.51. The summed E-state index contributed by atoms with van der Waals surface area (Å²) in [6.07, 6.45) is -0.644. The average Bonchev–Trinajstić information content (AvgIpc) is 2.42. The molecule has 0 amide bonds. The summed E-state index contributed by atoms with van der Waals surface area (Å²) in [6, 6.07) is 0. The van der Waals surface area contributed by atoms with Gasteiger partial charge in [-0.2, -0.15) is 0 Å². The zero-order chi connectivity index (χ0) is 17.9. The smallest absolute Gasteiger partial charge is 0.350 e. The van der Waals surface area contributed by atoms with Crippen molar-refractivity contribution in [2.24, 2.45) is 0 Å². The number of esters is 1. The molecule has 0 bridgehead atoms. The van der Waals surface area contributed by atoms with Crippen LogP contribution in [0.5, 0.6) is 0 Å². The summed E-state index contributed by atoms with van der Waals surface area (Å²) in [7, 11) is 7.61. The average molecular weight is 311 g/mol. The van der Waals surface area contributed by atoms with Crippen molar-refractivity contribution in [2.75, 3.05) is 35.5 Å². The van der Waals surface area contributed by atoms with Crippen molar-refractivity contribution in [1.29, 1.82) is 0 Å². The molecule has 21 heavy (non-hydrogen) atoms. The van der Waals surface area contributed by atoms with Gasteiger partial charge in [-0.1, -0.05) is 0 Å². The maximum absolute atomic E-state index is 10.6. The number of carbonyl (C=O) groups excluding carboxylic acids is 3. The summed E-state index contributed by atoms with van der Waals surface area (Å²) < 4.78 is 17.8. The summed E-state index contributed by atoms with van der Waals surface area (Å²) >= 11 is 0. The molecule has 0 aromatic heterocycles. The minimum atomic E-state index is -0.644. The van der Waals surface area contributed by atoms with Gasteiger partial charge in [0, 0.05) is 21.3 Å². The SMILES string of the molecule is C=O.CC(C)(C)OC=O.CNC(OC)C(=O)OC.COC. The lowest BCUT2D eigenvalue weighted by molar-refractivity contribution is -0.153. The normalized spacial score (nSPS) is 10.1. The van der Waals surface area contributed by atoms with Gasteiger partial charge in [-0.3, -0.25) is 10.1 Å². The van der Waals surface area contributed by atoms with E-state index in [1.807, 2.05) is 27.6 Å². The molecule has 0 aromatic rings. The van der Waals surface area contributed by atoms with Gasteiger partial charge in [0.25, 0.3) is 6.47 Å². The van der Waals surface area contributed by atoms with Crippen LogP contribution in [0, 0.1) is 0 Å². The predicted molar refractivity (Wildman–Crippen MR) is 78.8 cm³/mol. The van der Waals surface area contributed by atoms with E-state index in [0.29, 0.717) is 6.47 Å². The summed E-state index contributed by atoms with van der Waals surface area (Å²) in [5, 5.41) is 2.61. The number of carbonyl (C=O) groups is 3. The fraction of sp³-hybridized carbons (Fsp3) is 0.769. The van der Waals surface area contributed by atoms with Gasteiger partial charge in [0.2, 0.25) is 6.23 Å². The van der Waals surface area contributed by atoms with Crippen molar-refractivity contribution in [2.45, 2.75) is 32.6 Å². The van der Waals surface area contributed by atoms with E-state index in [9.17, 15) is 9.59 Å². The Bertz CT molecular complexity index is 225. The summed E-state index contributed by atoms with van der Waals surface area (Å²) in [5.74, 6) is -0.417. The molecular weight excluding hydrogens is 282 g/mol. The molecule has 0 fully saturated rings. The molecular formula is C13H29NO7. The van der Waals surface area contributed by atoms with Gasteiger partial charge >= 0.3 is 5.97 Å². The van der Waals surface area contributed by atoms with Crippen molar-refractivity contribution in [3.8, 4) is 0 Å². The van der Waals surface area contributed by atoms with Crippen molar-refractivity contribution >= 4 is 19.2 Å². The molecule has 1 unspecified atom stereocenters. The van der Waals surface area contributed by atoms with Crippen LogP contribution in [-0.2, 0) is 33.3 Å². The molecule has 0 saturated carbocycles. The summed E-state index contributed by atoms with van der Waals surface area (Å²) in [4.78, 5) is 28.2. The number of hydrogen-bond donors (Lipinski definition) is 1. The van der Waals surface area contributed by atoms with Crippen LogP contribution in [0.4, 0.5) is 0 Å². The number of ether oxygens (including phenoxy) is 4. The van der Waals surface area contributed by atoms with E-state index in [-0.39, 0.29) is 5.60 Å². The predicted octanol–water partition coefficient (Wildman–Crippen LogP) is 0.387. The number of nitrogens with one attached hydrogen (secondary N) is 1. The van der Waals surface area contributed by atoms with Crippen molar-refractivity contribution in [3.63, 3.8) is 0 Å². The summed E-state index contributed by atoms with van der Waals surface area (Å²) in [5.41, 5.74) is -0.318. The van der Waals surface area contributed by atoms with Gasteiger partial charge in [0.1, 0.15) is 12.4 Å². The number of methoxy groups -OCH3 is 3. The van der Waals surface area contributed by atoms with Crippen LogP contribution in [0.3, 0.4) is 0 Å². The van der Waals surface area contributed by atoms with Crippen LogP contribution in [0.2, 0.25) is 0 Å². The van der Waals surface area contributed by atoms with Gasteiger partial charge in [-0.15, -0.1) is 0 Å². The number of rotatable bonds is 4. The van der Waals surface area contributed by atoms with Gasteiger partial charge in [0.15, 0.2) is 0 Å². The maximum atomic E-state index is 10.6. The molecule has 8 nitrogen and oxygen atoms in total. The fourth-order valence-electron chi connectivity index (χ4n) is 0.583. The van der Waals surface area contributed by atoms with Crippen LogP contribution in [0.25, 0.3) is 0 Å². The largest absolute Gasteiger partial charge is 0.466 e. The van der Waals surface area contributed by atoms with E-state index in [1.165, 1.54) is 14.2 Å². The topological polar surface area (TPSA) is 100 Å². The zero-order valence-electron chi connectivity index (χ0n) is 14.2. The molecule has 0 aliphatic heterocycles. The number of hydrogen-bond acceptors (Lipinski definition) is 8. The monoisotopic (exact) mass is 311 g/mol. The summed E-state index contributed by atoms with van der Waals surface area (Å²) in [6.45, 7) is 7.92. The highest BCUT2D eigenvalue weighted by molar-refractivity contribution is 5.73. The Morgan fingerprint density at radius 1 is 1.14 bits per heavy atom. The second-order valence-corrected chi connectivity index (χ2v) is 4.16. The molecule has 1 atom stereocenters. The molecule has 0 rings (SSSR count). The Kier molecular flexibility index (Phi) is 27.5. The third kappa shape index (κ3) is 32.2. The first kappa shape index (κ1) is 27.8. The van der Waals surface area contributed by atoms with Gasteiger partial charge in [0.05, 0.1) is 7.11 Å². The van der Waals surface area contributed by atoms with Crippen LogP contribution >= 0.6 is 0 Å². The first-order valence-electron chi connectivity index (χ1n) is 5.82. The van der Waals surface area contributed by atoms with Crippen molar-refractivity contribution in [1.82, 2.24) is 5.32 Å². The van der Waals surface area contributed by atoms with Crippen LogP contribution in [-0.4, -0.2) is 66.5 Å². The molecule has 128 valence electrons. The second-order valence-electron chi connectivity index (χ2n) is 4.16.